The van der Waals surface area contributed by atoms with Gasteiger partial charge in [0.15, 0.2) is 11.4 Å². The Labute approximate surface area is 208 Å². The van der Waals surface area contributed by atoms with Gasteiger partial charge in [-0.25, -0.2) is 4.79 Å². The SMILES string of the molecule is CCOC(=O)C(C)(C)Oc1ccc2c(c1)CCN(Cc1cc(-c3ccc(C(F)(F)F)cc3)on1)CC2. The number of benzene rings is 2. The van der Waals surface area contributed by atoms with E-state index in [-0.39, 0.29) is 0 Å². The second-order valence-corrected chi connectivity index (χ2v) is 9.30. The fourth-order valence-corrected chi connectivity index (χ4v) is 4.19. The fraction of sp³-hybridized carbons (Fsp3) is 0.407. The number of nitrogens with zero attached hydrogens (tertiary/aromatic N) is 2. The van der Waals surface area contributed by atoms with Crippen LogP contribution < -0.4 is 4.74 Å². The second kappa shape index (κ2) is 10.3. The molecule has 1 aliphatic rings. The van der Waals surface area contributed by atoms with E-state index in [0.29, 0.717) is 30.2 Å². The Morgan fingerprint density at radius 1 is 1.03 bits per heavy atom. The molecule has 3 aromatic rings. The predicted octanol–water partition coefficient (Wildman–Crippen LogP) is 5.68. The van der Waals surface area contributed by atoms with Crippen LogP contribution in [0.25, 0.3) is 11.3 Å². The van der Waals surface area contributed by atoms with Gasteiger partial charge in [-0.15, -0.1) is 0 Å². The van der Waals surface area contributed by atoms with Gasteiger partial charge >= 0.3 is 12.1 Å². The minimum atomic E-state index is -4.38. The first kappa shape index (κ1) is 25.8. The first-order valence-corrected chi connectivity index (χ1v) is 11.9. The monoisotopic (exact) mass is 502 g/mol. The maximum Gasteiger partial charge on any atom is 0.416 e. The number of halogens is 3. The highest BCUT2D eigenvalue weighted by molar-refractivity contribution is 5.79. The van der Waals surface area contributed by atoms with Crippen LogP contribution in [0, 0.1) is 0 Å². The summed E-state index contributed by atoms with van der Waals surface area (Å²) in [6.07, 6.45) is -2.73. The Morgan fingerprint density at radius 2 is 1.72 bits per heavy atom. The molecule has 0 fully saturated rings. The molecule has 1 aliphatic heterocycles. The molecule has 2 aromatic carbocycles. The topological polar surface area (TPSA) is 64.8 Å². The molecule has 0 amide bonds. The molecule has 0 spiro atoms. The van der Waals surface area contributed by atoms with Crippen LogP contribution in [0.15, 0.2) is 53.1 Å². The molecule has 0 unspecified atom stereocenters. The van der Waals surface area contributed by atoms with Crippen molar-refractivity contribution in [1.82, 2.24) is 10.1 Å². The minimum Gasteiger partial charge on any atom is -0.476 e. The molecule has 0 saturated carbocycles. The third-order valence-corrected chi connectivity index (χ3v) is 6.15. The number of aromatic nitrogens is 1. The molecule has 2 heterocycles. The van der Waals surface area contributed by atoms with Crippen LogP contribution in [-0.2, 0) is 35.1 Å². The van der Waals surface area contributed by atoms with E-state index in [0.717, 1.165) is 43.8 Å². The number of carbonyl (C=O) groups excluding carboxylic acids is 1. The molecule has 36 heavy (non-hydrogen) atoms. The Morgan fingerprint density at radius 3 is 2.39 bits per heavy atom. The molecule has 0 aliphatic carbocycles. The van der Waals surface area contributed by atoms with Gasteiger partial charge in [0.1, 0.15) is 5.75 Å². The van der Waals surface area contributed by atoms with Gasteiger partial charge in [0, 0.05) is 31.3 Å². The maximum atomic E-state index is 12.8. The summed E-state index contributed by atoms with van der Waals surface area (Å²) >= 11 is 0. The van der Waals surface area contributed by atoms with Gasteiger partial charge in [-0.05, 0) is 69.0 Å². The third-order valence-electron chi connectivity index (χ3n) is 6.15. The summed E-state index contributed by atoms with van der Waals surface area (Å²) in [7, 11) is 0. The van der Waals surface area contributed by atoms with Crippen molar-refractivity contribution >= 4 is 5.97 Å². The zero-order valence-electron chi connectivity index (χ0n) is 20.5. The summed E-state index contributed by atoms with van der Waals surface area (Å²) < 4.78 is 54.9. The molecule has 1 aromatic heterocycles. The smallest absolute Gasteiger partial charge is 0.416 e. The number of fused-ring (bicyclic) bond motifs is 1. The molecular weight excluding hydrogens is 473 g/mol. The predicted molar refractivity (Wildman–Crippen MR) is 127 cm³/mol. The van der Waals surface area contributed by atoms with Crippen molar-refractivity contribution in [2.75, 3.05) is 19.7 Å². The van der Waals surface area contributed by atoms with E-state index in [1.54, 1.807) is 26.8 Å². The van der Waals surface area contributed by atoms with Crippen LogP contribution >= 0.6 is 0 Å². The van der Waals surface area contributed by atoms with Gasteiger partial charge in [0.25, 0.3) is 0 Å². The minimum absolute atomic E-state index is 0.295. The lowest BCUT2D eigenvalue weighted by Gasteiger charge is -2.24. The molecule has 9 heteroatoms. The molecule has 6 nitrogen and oxygen atoms in total. The lowest BCUT2D eigenvalue weighted by molar-refractivity contribution is -0.158. The number of esters is 1. The normalized spacial score (nSPS) is 14.7. The Hall–Kier alpha value is -3.33. The van der Waals surface area contributed by atoms with Crippen molar-refractivity contribution in [3.05, 3.63) is 70.9 Å². The number of hydrogen-bond acceptors (Lipinski definition) is 6. The number of carbonyl (C=O) groups is 1. The quantitative estimate of drug-likeness (QED) is 0.387. The van der Waals surface area contributed by atoms with Gasteiger partial charge in [0.05, 0.1) is 17.9 Å². The van der Waals surface area contributed by atoms with Crippen molar-refractivity contribution in [2.24, 2.45) is 0 Å². The lowest BCUT2D eigenvalue weighted by Crippen LogP contribution is -2.39. The van der Waals surface area contributed by atoms with Gasteiger partial charge in [-0.3, -0.25) is 4.90 Å². The van der Waals surface area contributed by atoms with Gasteiger partial charge in [0.2, 0.25) is 0 Å². The molecule has 0 atom stereocenters. The summed E-state index contributed by atoms with van der Waals surface area (Å²) in [5.41, 5.74) is 1.87. The van der Waals surface area contributed by atoms with Crippen LogP contribution in [0.5, 0.6) is 5.75 Å². The van der Waals surface area contributed by atoms with Gasteiger partial charge in [-0.2, -0.15) is 13.2 Å². The Bertz CT molecular complexity index is 1200. The average Bonchev–Trinajstić information content (AvgIpc) is 3.20. The first-order valence-electron chi connectivity index (χ1n) is 11.9. The zero-order chi connectivity index (χ0) is 25.9. The van der Waals surface area contributed by atoms with E-state index >= 15 is 0 Å². The second-order valence-electron chi connectivity index (χ2n) is 9.30. The zero-order valence-corrected chi connectivity index (χ0v) is 20.5. The number of ether oxygens (including phenoxy) is 2. The third kappa shape index (κ3) is 6.07. The summed E-state index contributed by atoms with van der Waals surface area (Å²) in [5, 5.41) is 4.12. The summed E-state index contributed by atoms with van der Waals surface area (Å²) in [6, 6.07) is 12.5. The number of rotatable bonds is 7. The number of hydrogen-bond donors (Lipinski definition) is 0. The molecule has 0 saturated heterocycles. The molecular formula is C27H29F3N2O4. The van der Waals surface area contributed by atoms with Gasteiger partial charge in [-0.1, -0.05) is 23.4 Å². The van der Waals surface area contributed by atoms with Crippen LogP contribution in [0.3, 0.4) is 0 Å². The van der Waals surface area contributed by atoms with Crippen LogP contribution in [0.1, 0.15) is 43.2 Å². The summed E-state index contributed by atoms with van der Waals surface area (Å²) in [5.74, 6) is 0.648. The Kier molecular flexibility index (Phi) is 7.40. The van der Waals surface area contributed by atoms with Crippen LogP contribution in [-0.4, -0.2) is 41.3 Å². The summed E-state index contributed by atoms with van der Waals surface area (Å²) in [6.45, 7) is 7.62. The standard InChI is InChI=1S/C27H29F3N2O4/c1-4-34-25(33)26(2,3)35-23-10-7-18-11-13-32(14-12-20(18)15-23)17-22-16-24(36-31-22)19-5-8-21(9-6-19)27(28,29)30/h5-10,15-16H,4,11-14,17H2,1-3H3. The van der Waals surface area contributed by atoms with Crippen LogP contribution in [0.4, 0.5) is 13.2 Å². The fourth-order valence-electron chi connectivity index (χ4n) is 4.19. The van der Waals surface area contributed by atoms with E-state index < -0.39 is 23.3 Å². The highest BCUT2D eigenvalue weighted by Gasteiger charge is 2.32. The molecule has 0 radical (unpaired) electrons. The first-order chi connectivity index (χ1) is 17.0. The molecule has 192 valence electrons. The van der Waals surface area contributed by atoms with E-state index in [1.807, 2.05) is 18.2 Å². The Balaban J connectivity index is 1.38. The molecule has 0 bridgehead atoms. The molecule has 4 rings (SSSR count). The number of alkyl halides is 3. The van der Waals surface area contributed by atoms with Crippen molar-refractivity contribution in [3.8, 4) is 17.1 Å². The van der Waals surface area contributed by atoms with E-state index in [2.05, 4.69) is 10.1 Å². The average molecular weight is 503 g/mol. The van der Waals surface area contributed by atoms with E-state index in [9.17, 15) is 18.0 Å². The van der Waals surface area contributed by atoms with E-state index in [4.69, 9.17) is 14.0 Å². The van der Waals surface area contributed by atoms with Crippen molar-refractivity contribution in [1.29, 1.82) is 0 Å². The van der Waals surface area contributed by atoms with Crippen molar-refractivity contribution in [2.45, 2.75) is 51.9 Å². The lowest BCUT2D eigenvalue weighted by atomic mass is 10.0. The molecule has 0 N–H and O–H groups in total. The highest BCUT2D eigenvalue weighted by Crippen LogP contribution is 2.31. The largest absolute Gasteiger partial charge is 0.476 e. The van der Waals surface area contributed by atoms with E-state index in [1.165, 1.54) is 23.3 Å². The highest BCUT2D eigenvalue weighted by atomic mass is 19.4. The maximum absolute atomic E-state index is 12.8. The summed E-state index contributed by atoms with van der Waals surface area (Å²) in [4.78, 5) is 14.4. The van der Waals surface area contributed by atoms with Crippen molar-refractivity contribution < 1.29 is 32.0 Å². The van der Waals surface area contributed by atoms with Crippen molar-refractivity contribution in [3.63, 3.8) is 0 Å². The van der Waals surface area contributed by atoms with Crippen LogP contribution in [0.2, 0.25) is 0 Å². The van der Waals surface area contributed by atoms with Gasteiger partial charge < -0.3 is 14.0 Å².